The quantitative estimate of drug-likeness (QED) is 0.627. The summed E-state index contributed by atoms with van der Waals surface area (Å²) in [6.07, 6.45) is 0. The first kappa shape index (κ1) is 13.8. The zero-order chi connectivity index (χ0) is 14.7. The predicted molar refractivity (Wildman–Crippen MR) is 69.3 cm³/mol. The molecule has 0 saturated carbocycles. The average Bonchev–Trinajstić information content (AvgIpc) is 2.37. The van der Waals surface area contributed by atoms with Crippen LogP contribution in [0.15, 0.2) is 33.5 Å². The summed E-state index contributed by atoms with van der Waals surface area (Å²) in [7, 11) is 0. The molecule has 0 spiro atoms. The standard InChI is InChI=1S/C14H12O6/c1-8(15)18-7-11-10-5-3-4-6-12(10)20-14(17)13(11)19-9(2)16/h3-6H,7H2,1-2H3. The summed E-state index contributed by atoms with van der Waals surface area (Å²) >= 11 is 0. The molecule has 6 nitrogen and oxygen atoms in total. The molecule has 1 aromatic heterocycles. The maximum absolute atomic E-state index is 11.8. The molecule has 0 aliphatic rings. The fraction of sp³-hybridized carbons (Fsp3) is 0.214. The van der Waals surface area contributed by atoms with Crippen LogP contribution in [0.5, 0.6) is 5.75 Å². The molecule has 20 heavy (non-hydrogen) atoms. The van der Waals surface area contributed by atoms with E-state index in [1.54, 1.807) is 24.3 Å². The molecule has 0 radical (unpaired) electrons. The van der Waals surface area contributed by atoms with Crippen LogP contribution in [0, 0.1) is 0 Å². The van der Waals surface area contributed by atoms with Gasteiger partial charge in [0.15, 0.2) is 0 Å². The van der Waals surface area contributed by atoms with Gasteiger partial charge in [0.1, 0.15) is 12.2 Å². The van der Waals surface area contributed by atoms with E-state index in [4.69, 9.17) is 13.9 Å². The number of hydrogen-bond donors (Lipinski definition) is 0. The Kier molecular flexibility index (Phi) is 3.84. The van der Waals surface area contributed by atoms with Crippen LogP contribution in [0.1, 0.15) is 19.4 Å². The lowest BCUT2D eigenvalue weighted by molar-refractivity contribution is -0.142. The molecule has 0 N–H and O–H groups in total. The summed E-state index contributed by atoms with van der Waals surface area (Å²) in [6.45, 7) is 2.24. The number of rotatable bonds is 3. The topological polar surface area (TPSA) is 82.8 Å². The van der Waals surface area contributed by atoms with E-state index >= 15 is 0 Å². The van der Waals surface area contributed by atoms with Crippen LogP contribution in [0.25, 0.3) is 11.0 Å². The van der Waals surface area contributed by atoms with Crippen molar-refractivity contribution in [2.75, 3.05) is 0 Å². The van der Waals surface area contributed by atoms with Gasteiger partial charge in [-0.2, -0.15) is 0 Å². The molecule has 0 fully saturated rings. The molecule has 2 rings (SSSR count). The molecule has 104 valence electrons. The Morgan fingerprint density at radius 1 is 1.15 bits per heavy atom. The Hall–Kier alpha value is -2.63. The van der Waals surface area contributed by atoms with E-state index in [0.29, 0.717) is 16.5 Å². The summed E-state index contributed by atoms with van der Waals surface area (Å²) in [5.41, 5.74) is -0.154. The minimum Gasteiger partial charge on any atom is -0.461 e. The summed E-state index contributed by atoms with van der Waals surface area (Å²) in [6, 6.07) is 6.72. The summed E-state index contributed by atoms with van der Waals surface area (Å²) < 4.78 is 14.9. The molecule has 0 amide bonds. The zero-order valence-electron chi connectivity index (χ0n) is 11.0. The van der Waals surface area contributed by atoms with Gasteiger partial charge in [-0.05, 0) is 6.07 Å². The smallest absolute Gasteiger partial charge is 0.380 e. The van der Waals surface area contributed by atoms with Gasteiger partial charge < -0.3 is 13.9 Å². The first-order valence-electron chi connectivity index (χ1n) is 5.85. The highest BCUT2D eigenvalue weighted by atomic mass is 16.6. The van der Waals surface area contributed by atoms with Crippen molar-refractivity contribution >= 4 is 22.9 Å². The highest BCUT2D eigenvalue weighted by Crippen LogP contribution is 2.25. The van der Waals surface area contributed by atoms with Gasteiger partial charge in [0, 0.05) is 19.2 Å². The van der Waals surface area contributed by atoms with Crippen molar-refractivity contribution in [1.82, 2.24) is 0 Å². The number of esters is 2. The highest BCUT2D eigenvalue weighted by molar-refractivity contribution is 5.83. The van der Waals surface area contributed by atoms with E-state index in [0.717, 1.165) is 0 Å². The van der Waals surface area contributed by atoms with Crippen LogP contribution in [-0.2, 0) is 20.9 Å². The molecule has 0 aliphatic heterocycles. The molecule has 2 aromatic rings. The molecule has 0 saturated heterocycles. The van der Waals surface area contributed by atoms with E-state index in [2.05, 4.69) is 0 Å². The van der Waals surface area contributed by atoms with Crippen molar-refractivity contribution < 1.29 is 23.5 Å². The third-order valence-corrected chi connectivity index (χ3v) is 2.54. The fourth-order valence-corrected chi connectivity index (χ4v) is 1.76. The van der Waals surface area contributed by atoms with Crippen molar-refractivity contribution in [2.45, 2.75) is 20.5 Å². The number of carbonyl (C=O) groups excluding carboxylic acids is 2. The maximum Gasteiger partial charge on any atom is 0.380 e. The van der Waals surface area contributed by atoms with E-state index in [1.807, 2.05) is 0 Å². The van der Waals surface area contributed by atoms with E-state index in [9.17, 15) is 14.4 Å². The van der Waals surface area contributed by atoms with E-state index in [1.165, 1.54) is 13.8 Å². The van der Waals surface area contributed by atoms with Gasteiger partial charge >= 0.3 is 17.6 Å². The van der Waals surface area contributed by atoms with Crippen molar-refractivity contribution in [1.29, 1.82) is 0 Å². The Labute approximate surface area is 113 Å². The van der Waals surface area contributed by atoms with Crippen LogP contribution in [-0.4, -0.2) is 11.9 Å². The molecular formula is C14H12O6. The van der Waals surface area contributed by atoms with Gasteiger partial charge in [-0.25, -0.2) is 4.79 Å². The highest BCUT2D eigenvalue weighted by Gasteiger charge is 2.18. The Balaban J connectivity index is 2.64. The normalized spacial score (nSPS) is 10.3. The number of fused-ring (bicyclic) bond motifs is 1. The zero-order valence-corrected chi connectivity index (χ0v) is 11.0. The molecule has 0 atom stereocenters. The van der Waals surface area contributed by atoms with Crippen LogP contribution in [0.3, 0.4) is 0 Å². The average molecular weight is 276 g/mol. The molecule has 1 heterocycles. The lowest BCUT2D eigenvalue weighted by atomic mass is 10.1. The van der Waals surface area contributed by atoms with E-state index in [-0.39, 0.29) is 12.4 Å². The maximum atomic E-state index is 11.8. The lowest BCUT2D eigenvalue weighted by Crippen LogP contribution is -2.15. The van der Waals surface area contributed by atoms with Gasteiger partial charge in [0.25, 0.3) is 0 Å². The second-order valence-corrected chi connectivity index (χ2v) is 4.07. The van der Waals surface area contributed by atoms with Gasteiger partial charge in [0.2, 0.25) is 5.75 Å². The molecule has 6 heteroatoms. The largest absolute Gasteiger partial charge is 0.461 e. The van der Waals surface area contributed by atoms with Crippen LogP contribution in [0.4, 0.5) is 0 Å². The van der Waals surface area contributed by atoms with Crippen molar-refractivity contribution in [2.24, 2.45) is 0 Å². The van der Waals surface area contributed by atoms with Crippen molar-refractivity contribution in [3.05, 3.63) is 40.2 Å². The Morgan fingerprint density at radius 3 is 2.50 bits per heavy atom. The van der Waals surface area contributed by atoms with Gasteiger partial charge in [0.05, 0.1) is 5.56 Å². The molecule has 1 aromatic carbocycles. The third kappa shape index (κ3) is 2.85. The number of carbonyl (C=O) groups is 2. The SMILES string of the molecule is CC(=O)OCc1c(OC(C)=O)c(=O)oc2ccccc12. The third-order valence-electron chi connectivity index (χ3n) is 2.54. The molecule has 0 aliphatic carbocycles. The predicted octanol–water partition coefficient (Wildman–Crippen LogP) is 1.78. The first-order chi connectivity index (χ1) is 9.49. The van der Waals surface area contributed by atoms with Gasteiger partial charge in [-0.15, -0.1) is 0 Å². The van der Waals surface area contributed by atoms with Crippen LogP contribution >= 0.6 is 0 Å². The Bertz CT molecular complexity index is 728. The number of ether oxygens (including phenoxy) is 2. The Morgan fingerprint density at radius 2 is 1.85 bits per heavy atom. The molecular weight excluding hydrogens is 264 g/mol. The number of hydrogen-bond acceptors (Lipinski definition) is 6. The summed E-state index contributed by atoms with van der Waals surface area (Å²) in [5.74, 6) is -1.41. The summed E-state index contributed by atoms with van der Waals surface area (Å²) in [5, 5.41) is 0.546. The van der Waals surface area contributed by atoms with Gasteiger partial charge in [-0.1, -0.05) is 18.2 Å². The lowest BCUT2D eigenvalue weighted by Gasteiger charge is -2.10. The number of benzene rings is 1. The first-order valence-corrected chi connectivity index (χ1v) is 5.85. The monoisotopic (exact) mass is 276 g/mol. The summed E-state index contributed by atoms with van der Waals surface area (Å²) in [4.78, 5) is 33.9. The van der Waals surface area contributed by atoms with Crippen molar-refractivity contribution in [3.63, 3.8) is 0 Å². The van der Waals surface area contributed by atoms with E-state index < -0.39 is 17.6 Å². The van der Waals surface area contributed by atoms with Crippen LogP contribution < -0.4 is 10.4 Å². The van der Waals surface area contributed by atoms with Crippen molar-refractivity contribution in [3.8, 4) is 5.75 Å². The molecule has 0 bridgehead atoms. The van der Waals surface area contributed by atoms with Crippen LogP contribution in [0.2, 0.25) is 0 Å². The second kappa shape index (κ2) is 5.56. The molecule has 0 unspecified atom stereocenters. The minimum atomic E-state index is -0.791. The fourth-order valence-electron chi connectivity index (χ4n) is 1.76. The second-order valence-electron chi connectivity index (χ2n) is 4.07. The minimum absolute atomic E-state index is 0.177. The number of para-hydroxylation sites is 1. The van der Waals surface area contributed by atoms with Gasteiger partial charge in [-0.3, -0.25) is 9.59 Å².